The normalized spacial score (nSPS) is 23.7. The smallest absolute Gasteiger partial charge is 0.306 e. The van der Waals surface area contributed by atoms with Crippen LogP contribution in [0.1, 0.15) is 169 Å². The van der Waals surface area contributed by atoms with E-state index in [0.29, 0.717) is 6.42 Å². The third-order valence-electron chi connectivity index (χ3n) is 9.96. The summed E-state index contributed by atoms with van der Waals surface area (Å²) in [4.78, 5) is 19.7. The van der Waals surface area contributed by atoms with E-state index in [-0.39, 0.29) is 35.2 Å². The van der Waals surface area contributed by atoms with Crippen molar-refractivity contribution in [1.82, 2.24) is 5.06 Å². The van der Waals surface area contributed by atoms with Gasteiger partial charge in [0, 0.05) is 24.3 Å². The maximum atomic E-state index is 13.0. The van der Waals surface area contributed by atoms with E-state index in [1.54, 1.807) is 0 Å². The largest absolute Gasteiger partial charge is 0.462 e. The number of rotatable bonds is 20. The molecular formula is C36H63NO3. The number of benzene rings is 1. The van der Waals surface area contributed by atoms with Gasteiger partial charge in [0.05, 0.1) is 5.54 Å². The first-order valence-electron chi connectivity index (χ1n) is 16.9. The molecule has 1 aromatic rings. The molecule has 1 aliphatic heterocycles. The van der Waals surface area contributed by atoms with Gasteiger partial charge in [-0.05, 0) is 38.7 Å². The molecule has 0 N–H and O–H groups in total. The highest BCUT2D eigenvalue weighted by atomic mass is 16.7. The zero-order chi connectivity index (χ0) is 29.4. The van der Waals surface area contributed by atoms with Gasteiger partial charge in [-0.1, -0.05) is 142 Å². The molecule has 0 radical (unpaired) electrons. The van der Waals surface area contributed by atoms with E-state index in [9.17, 15) is 4.79 Å². The lowest BCUT2D eigenvalue weighted by Gasteiger charge is -2.60. The maximum absolute atomic E-state index is 13.0. The minimum absolute atomic E-state index is 0.0264. The summed E-state index contributed by atoms with van der Waals surface area (Å²) in [7, 11) is 0. The molecule has 0 bridgehead atoms. The first-order chi connectivity index (χ1) is 19.2. The number of nitrogens with zero attached hydrogens (tertiary/aromatic N) is 1. The fraction of sp³-hybridized carbons (Fsp3) is 0.806. The van der Waals surface area contributed by atoms with E-state index < -0.39 is 0 Å². The highest BCUT2D eigenvalue weighted by Crippen LogP contribution is 2.50. The number of hydrogen-bond acceptors (Lipinski definition) is 4. The Morgan fingerprint density at radius 1 is 0.850 bits per heavy atom. The molecule has 4 nitrogen and oxygen atoms in total. The summed E-state index contributed by atoms with van der Waals surface area (Å²) in [6.07, 6.45) is 20.1. The molecule has 0 aromatic heterocycles. The van der Waals surface area contributed by atoms with Crippen molar-refractivity contribution < 1.29 is 14.4 Å². The third kappa shape index (κ3) is 10.2. The lowest BCUT2D eigenvalue weighted by atomic mass is 9.63. The number of carbonyl (C=O) groups is 1. The molecule has 1 fully saturated rings. The van der Waals surface area contributed by atoms with Crippen LogP contribution in [0.15, 0.2) is 30.3 Å². The molecule has 0 amide bonds. The molecule has 0 spiro atoms. The molecule has 4 heteroatoms. The monoisotopic (exact) mass is 557 g/mol. The molecule has 2 rings (SSSR count). The van der Waals surface area contributed by atoms with E-state index in [1.807, 2.05) is 6.07 Å². The first-order valence-corrected chi connectivity index (χ1v) is 16.9. The van der Waals surface area contributed by atoms with Crippen LogP contribution in [0.2, 0.25) is 0 Å². The zero-order valence-corrected chi connectivity index (χ0v) is 27.3. The van der Waals surface area contributed by atoms with Crippen molar-refractivity contribution in [3.8, 4) is 0 Å². The second-order valence-electron chi connectivity index (χ2n) is 13.1. The second-order valence-corrected chi connectivity index (χ2v) is 13.1. The number of unbranched alkanes of at least 4 members (excludes halogenated alkanes) is 12. The average Bonchev–Trinajstić information content (AvgIpc) is 2.95. The summed E-state index contributed by atoms with van der Waals surface area (Å²) >= 11 is 0. The van der Waals surface area contributed by atoms with Crippen LogP contribution in [-0.2, 0) is 14.4 Å². The van der Waals surface area contributed by atoms with E-state index in [2.05, 4.69) is 77.8 Å². The van der Waals surface area contributed by atoms with Gasteiger partial charge in [0.15, 0.2) is 0 Å². The molecule has 230 valence electrons. The van der Waals surface area contributed by atoms with E-state index >= 15 is 0 Å². The van der Waals surface area contributed by atoms with Gasteiger partial charge in [-0.2, -0.15) is 5.06 Å². The van der Waals surface area contributed by atoms with Crippen molar-refractivity contribution in [3.05, 3.63) is 35.9 Å². The van der Waals surface area contributed by atoms with Crippen molar-refractivity contribution in [1.29, 1.82) is 0 Å². The standard InChI is InChI=1S/C36H63NO3/c1-8-11-12-13-14-15-16-17-18-19-20-21-25-28-34(38)39-33-29-32(9-2)37(36(7,10-3)35(33,5)6)40-30(4)31-26-23-22-24-27-31/h22-24,26-27,30,32-33H,8-21,25,28-29H2,1-7H3. The summed E-state index contributed by atoms with van der Waals surface area (Å²) in [6.45, 7) is 15.7. The third-order valence-corrected chi connectivity index (χ3v) is 9.96. The number of carbonyl (C=O) groups excluding carboxylic acids is 1. The van der Waals surface area contributed by atoms with Crippen molar-refractivity contribution in [2.24, 2.45) is 5.41 Å². The van der Waals surface area contributed by atoms with Gasteiger partial charge in [-0.25, -0.2) is 0 Å². The lowest BCUT2D eigenvalue weighted by molar-refractivity contribution is -0.327. The van der Waals surface area contributed by atoms with Gasteiger partial charge in [-0.3, -0.25) is 9.63 Å². The molecule has 1 aliphatic rings. The molecule has 1 heterocycles. The van der Waals surface area contributed by atoms with Gasteiger partial charge in [0.2, 0.25) is 0 Å². The quantitative estimate of drug-likeness (QED) is 0.118. The van der Waals surface area contributed by atoms with E-state index in [0.717, 1.165) is 32.1 Å². The van der Waals surface area contributed by atoms with Gasteiger partial charge in [0.1, 0.15) is 12.2 Å². The Morgan fingerprint density at radius 2 is 1.38 bits per heavy atom. The topological polar surface area (TPSA) is 38.8 Å². The van der Waals surface area contributed by atoms with Crippen LogP contribution in [0, 0.1) is 5.41 Å². The van der Waals surface area contributed by atoms with E-state index in [4.69, 9.17) is 9.57 Å². The Labute approximate surface area is 247 Å². The van der Waals surface area contributed by atoms with Crippen molar-refractivity contribution in [3.63, 3.8) is 0 Å². The van der Waals surface area contributed by atoms with Crippen molar-refractivity contribution in [2.75, 3.05) is 0 Å². The van der Waals surface area contributed by atoms with E-state index in [1.165, 1.54) is 76.2 Å². The fourth-order valence-electron chi connectivity index (χ4n) is 6.47. The summed E-state index contributed by atoms with van der Waals surface area (Å²) in [5.74, 6) is -0.0264. The van der Waals surface area contributed by atoms with Crippen LogP contribution in [0.25, 0.3) is 0 Å². The van der Waals surface area contributed by atoms with Crippen LogP contribution in [0.4, 0.5) is 0 Å². The Morgan fingerprint density at radius 3 is 1.88 bits per heavy atom. The highest BCUT2D eigenvalue weighted by Gasteiger charge is 2.57. The molecule has 40 heavy (non-hydrogen) atoms. The minimum Gasteiger partial charge on any atom is -0.462 e. The van der Waals surface area contributed by atoms with Crippen LogP contribution < -0.4 is 0 Å². The Bertz CT molecular complexity index is 810. The Kier molecular flexibility index (Phi) is 15.8. The van der Waals surface area contributed by atoms with Crippen molar-refractivity contribution >= 4 is 5.97 Å². The summed E-state index contributed by atoms with van der Waals surface area (Å²) in [5, 5.41) is 2.27. The minimum atomic E-state index is -0.255. The van der Waals surface area contributed by atoms with Crippen LogP contribution >= 0.6 is 0 Å². The zero-order valence-electron chi connectivity index (χ0n) is 27.3. The molecule has 0 aliphatic carbocycles. The molecule has 1 saturated heterocycles. The van der Waals surface area contributed by atoms with Crippen LogP contribution in [0.3, 0.4) is 0 Å². The lowest BCUT2D eigenvalue weighted by Crippen LogP contribution is -2.68. The molecule has 4 atom stereocenters. The van der Waals surface area contributed by atoms with Gasteiger partial charge < -0.3 is 4.74 Å². The Hall–Kier alpha value is -1.39. The van der Waals surface area contributed by atoms with Crippen LogP contribution in [0.5, 0.6) is 0 Å². The number of piperidine rings is 1. The molecule has 1 aromatic carbocycles. The van der Waals surface area contributed by atoms with Gasteiger partial charge >= 0.3 is 5.97 Å². The highest BCUT2D eigenvalue weighted by molar-refractivity contribution is 5.69. The Balaban J connectivity index is 1.78. The van der Waals surface area contributed by atoms with Gasteiger partial charge in [0.25, 0.3) is 0 Å². The van der Waals surface area contributed by atoms with Gasteiger partial charge in [-0.15, -0.1) is 0 Å². The predicted molar refractivity (Wildman–Crippen MR) is 169 cm³/mol. The number of hydrogen-bond donors (Lipinski definition) is 0. The fourth-order valence-corrected chi connectivity index (χ4v) is 6.47. The molecular weight excluding hydrogens is 494 g/mol. The summed E-state index contributed by atoms with van der Waals surface area (Å²) in [5.41, 5.74) is 0.685. The summed E-state index contributed by atoms with van der Waals surface area (Å²) < 4.78 is 6.26. The van der Waals surface area contributed by atoms with Crippen molar-refractivity contribution in [2.45, 2.75) is 181 Å². The first kappa shape index (κ1) is 34.8. The molecule has 4 unspecified atom stereocenters. The second kappa shape index (κ2) is 18.2. The predicted octanol–water partition coefficient (Wildman–Crippen LogP) is 10.8. The number of hydroxylamine groups is 2. The maximum Gasteiger partial charge on any atom is 0.306 e. The number of esters is 1. The van der Waals surface area contributed by atoms with Crippen LogP contribution in [-0.4, -0.2) is 28.7 Å². The number of ether oxygens (including phenoxy) is 1. The average molecular weight is 558 g/mol. The molecule has 0 saturated carbocycles. The summed E-state index contributed by atoms with van der Waals surface area (Å²) in [6, 6.07) is 10.6. The SMILES string of the molecule is CCCCCCCCCCCCCCCC(=O)OC1CC(CC)N(OC(C)c2ccccc2)C(C)(CC)C1(C)C.